The second kappa shape index (κ2) is 11.5. The Labute approximate surface area is 216 Å². The zero-order valence-electron chi connectivity index (χ0n) is 22.9. The molecule has 1 amide bonds. The van der Waals surface area contributed by atoms with E-state index in [-0.39, 0.29) is 5.91 Å². The number of amides is 1. The molecular weight excluding hydrogens is 448 g/mol. The first-order chi connectivity index (χ1) is 17.3. The number of hydrogen-bond acceptors (Lipinski definition) is 4. The molecule has 2 heterocycles. The van der Waals surface area contributed by atoms with E-state index in [2.05, 4.69) is 79.7 Å². The molecule has 0 aliphatic carbocycles. The first-order valence-corrected chi connectivity index (χ1v) is 13.3. The van der Waals surface area contributed by atoms with E-state index in [1.807, 2.05) is 4.90 Å². The van der Waals surface area contributed by atoms with Gasteiger partial charge in [0, 0.05) is 69.6 Å². The summed E-state index contributed by atoms with van der Waals surface area (Å²) in [7, 11) is 1.74. The third kappa shape index (κ3) is 5.30. The predicted octanol–water partition coefficient (Wildman–Crippen LogP) is 5.30. The molecule has 1 aliphatic rings. The van der Waals surface area contributed by atoms with Gasteiger partial charge < -0.3 is 19.5 Å². The van der Waals surface area contributed by atoms with E-state index in [4.69, 9.17) is 4.74 Å². The molecule has 3 aromatic rings. The van der Waals surface area contributed by atoms with Crippen LogP contribution in [0.1, 0.15) is 51.7 Å². The molecule has 2 aromatic carbocycles. The van der Waals surface area contributed by atoms with Crippen molar-refractivity contribution >= 4 is 22.5 Å². The van der Waals surface area contributed by atoms with Crippen LogP contribution in [0.4, 0.5) is 5.69 Å². The minimum Gasteiger partial charge on any atom is -0.383 e. The second-order valence-corrected chi connectivity index (χ2v) is 10.1. The smallest absolute Gasteiger partial charge is 0.254 e. The van der Waals surface area contributed by atoms with Crippen LogP contribution < -0.4 is 5.32 Å². The molecule has 194 valence electrons. The van der Waals surface area contributed by atoms with Crippen LogP contribution >= 0.6 is 0 Å². The maximum absolute atomic E-state index is 13.7. The number of carbonyl (C=O) groups excluding carboxylic acids is 1. The average Bonchev–Trinajstić information content (AvgIpc) is 3.12. The van der Waals surface area contributed by atoms with Crippen molar-refractivity contribution in [3.05, 3.63) is 63.8 Å². The highest BCUT2D eigenvalue weighted by molar-refractivity contribution is 6.04. The lowest BCUT2D eigenvalue weighted by molar-refractivity contribution is 0.0594. The summed E-state index contributed by atoms with van der Waals surface area (Å²) in [5.41, 5.74) is 9.44. The van der Waals surface area contributed by atoms with Crippen LogP contribution in [0.3, 0.4) is 0 Å². The maximum atomic E-state index is 13.7. The molecule has 0 atom stereocenters. The highest BCUT2D eigenvalue weighted by Crippen LogP contribution is 2.34. The van der Waals surface area contributed by atoms with Crippen molar-refractivity contribution in [3.8, 4) is 0 Å². The standard InChI is InChI=1S/C30H42N4O2/c1-7-11-34-24(5)23(4)26-18-25(30(35)33-14-12-32(13-15-33)16-17-36-6)19-28(29(26)34)31-20-27-21(2)9-8-10-22(27)3/h8-10,18-19,31H,7,11-17,20H2,1-6H3. The molecule has 1 saturated heterocycles. The minimum atomic E-state index is 0.124. The van der Waals surface area contributed by atoms with Crippen molar-refractivity contribution in [2.75, 3.05) is 51.8 Å². The molecule has 36 heavy (non-hydrogen) atoms. The van der Waals surface area contributed by atoms with E-state index in [1.54, 1.807) is 7.11 Å². The van der Waals surface area contributed by atoms with Gasteiger partial charge in [-0.05, 0) is 68.5 Å². The fourth-order valence-corrected chi connectivity index (χ4v) is 5.43. The molecule has 1 N–H and O–H groups in total. The summed E-state index contributed by atoms with van der Waals surface area (Å²) in [6.07, 6.45) is 1.06. The van der Waals surface area contributed by atoms with E-state index in [0.29, 0.717) is 0 Å². The van der Waals surface area contributed by atoms with Gasteiger partial charge in [0.05, 0.1) is 17.8 Å². The van der Waals surface area contributed by atoms with E-state index < -0.39 is 0 Å². The molecule has 0 radical (unpaired) electrons. The van der Waals surface area contributed by atoms with Crippen molar-refractivity contribution in [1.29, 1.82) is 0 Å². The number of nitrogens with one attached hydrogen (secondary N) is 1. The van der Waals surface area contributed by atoms with Crippen molar-refractivity contribution in [1.82, 2.24) is 14.4 Å². The number of carbonyl (C=O) groups is 1. The third-order valence-corrected chi connectivity index (χ3v) is 7.80. The molecular formula is C30H42N4O2. The Morgan fingerprint density at radius 3 is 2.33 bits per heavy atom. The summed E-state index contributed by atoms with van der Waals surface area (Å²) in [5, 5.41) is 4.92. The number of aryl methyl sites for hydroxylation is 4. The Bertz CT molecular complexity index is 1200. The minimum absolute atomic E-state index is 0.124. The van der Waals surface area contributed by atoms with Crippen LogP contribution in [0.25, 0.3) is 10.9 Å². The molecule has 1 fully saturated rings. The largest absolute Gasteiger partial charge is 0.383 e. The number of aromatic nitrogens is 1. The van der Waals surface area contributed by atoms with Crippen molar-refractivity contribution in [2.24, 2.45) is 0 Å². The molecule has 1 aromatic heterocycles. The molecule has 0 saturated carbocycles. The summed E-state index contributed by atoms with van der Waals surface area (Å²) >= 11 is 0. The molecule has 6 heteroatoms. The Morgan fingerprint density at radius 2 is 1.69 bits per heavy atom. The van der Waals surface area contributed by atoms with Gasteiger partial charge in [-0.1, -0.05) is 25.1 Å². The summed E-state index contributed by atoms with van der Waals surface area (Å²) in [6.45, 7) is 17.6. The van der Waals surface area contributed by atoms with Gasteiger partial charge in [0.25, 0.3) is 5.91 Å². The van der Waals surface area contributed by atoms with Gasteiger partial charge in [-0.15, -0.1) is 0 Å². The van der Waals surface area contributed by atoms with Crippen molar-refractivity contribution in [3.63, 3.8) is 0 Å². The molecule has 4 rings (SSSR count). The fourth-order valence-electron chi connectivity index (χ4n) is 5.43. The Balaban J connectivity index is 1.68. The van der Waals surface area contributed by atoms with Gasteiger partial charge in [0.2, 0.25) is 0 Å². The number of nitrogens with zero attached hydrogens (tertiary/aromatic N) is 3. The molecule has 0 spiro atoms. The lowest BCUT2D eigenvalue weighted by Gasteiger charge is -2.34. The first-order valence-electron chi connectivity index (χ1n) is 13.3. The SMILES string of the molecule is CCCn1c(C)c(C)c2cc(C(=O)N3CCN(CCOC)CC3)cc(NCc3c(C)cccc3C)c21. The Kier molecular flexibility index (Phi) is 8.37. The van der Waals surface area contributed by atoms with Crippen molar-refractivity contribution in [2.45, 2.75) is 54.1 Å². The Hall–Kier alpha value is -2.83. The van der Waals surface area contributed by atoms with Crippen LogP contribution in [0.5, 0.6) is 0 Å². The Morgan fingerprint density at radius 1 is 1.00 bits per heavy atom. The highest BCUT2D eigenvalue weighted by Gasteiger charge is 2.24. The number of ether oxygens (including phenoxy) is 1. The van der Waals surface area contributed by atoms with E-state index in [0.717, 1.165) is 70.1 Å². The van der Waals surface area contributed by atoms with Crippen LogP contribution in [0.2, 0.25) is 0 Å². The second-order valence-electron chi connectivity index (χ2n) is 10.1. The van der Waals surface area contributed by atoms with E-state index in [1.165, 1.54) is 38.9 Å². The van der Waals surface area contributed by atoms with Gasteiger partial charge in [-0.25, -0.2) is 0 Å². The predicted molar refractivity (Wildman–Crippen MR) is 149 cm³/mol. The number of rotatable bonds is 9. The number of hydrogen-bond donors (Lipinski definition) is 1. The fraction of sp³-hybridized carbons (Fsp3) is 0.500. The number of fused-ring (bicyclic) bond motifs is 1. The van der Waals surface area contributed by atoms with Crippen molar-refractivity contribution < 1.29 is 9.53 Å². The van der Waals surface area contributed by atoms with Crippen LogP contribution in [-0.4, -0.2) is 66.7 Å². The number of anilines is 1. The first kappa shape index (κ1) is 26.2. The molecule has 0 bridgehead atoms. The van der Waals surface area contributed by atoms with Crippen LogP contribution in [-0.2, 0) is 17.8 Å². The normalized spacial score (nSPS) is 14.6. The van der Waals surface area contributed by atoms with Gasteiger partial charge in [0.1, 0.15) is 0 Å². The number of benzene rings is 2. The molecule has 1 aliphatic heterocycles. The number of methoxy groups -OCH3 is 1. The third-order valence-electron chi connectivity index (χ3n) is 7.80. The van der Waals surface area contributed by atoms with Gasteiger partial charge in [0.15, 0.2) is 0 Å². The summed E-state index contributed by atoms with van der Waals surface area (Å²) < 4.78 is 7.64. The van der Waals surface area contributed by atoms with Crippen LogP contribution in [0.15, 0.2) is 30.3 Å². The lowest BCUT2D eigenvalue weighted by atomic mass is 10.0. The summed E-state index contributed by atoms with van der Waals surface area (Å²) in [4.78, 5) is 18.0. The maximum Gasteiger partial charge on any atom is 0.254 e. The van der Waals surface area contributed by atoms with E-state index >= 15 is 0 Å². The number of piperazine rings is 1. The lowest BCUT2D eigenvalue weighted by Crippen LogP contribution is -2.49. The quantitative estimate of drug-likeness (QED) is 0.442. The van der Waals surface area contributed by atoms with Gasteiger partial charge in [-0.3, -0.25) is 9.69 Å². The van der Waals surface area contributed by atoms with Gasteiger partial charge in [-0.2, -0.15) is 0 Å². The monoisotopic (exact) mass is 490 g/mol. The summed E-state index contributed by atoms with van der Waals surface area (Å²) in [6, 6.07) is 10.6. The van der Waals surface area contributed by atoms with E-state index in [9.17, 15) is 4.79 Å². The highest BCUT2D eigenvalue weighted by atomic mass is 16.5. The zero-order chi connectivity index (χ0) is 25.8. The van der Waals surface area contributed by atoms with Gasteiger partial charge >= 0.3 is 0 Å². The molecule has 6 nitrogen and oxygen atoms in total. The zero-order valence-corrected chi connectivity index (χ0v) is 22.9. The van der Waals surface area contributed by atoms with Crippen LogP contribution in [0, 0.1) is 27.7 Å². The average molecular weight is 491 g/mol. The summed E-state index contributed by atoms with van der Waals surface area (Å²) in [5.74, 6) is 0.124. The molecule has 0 unspecified atom stereocenters. The topological polar surface area (TPSA) is 49.7 Å².